The lowest BCUT2D eigenvalue weighted by molar-refractivity contribution is -0.141. The highest BCUT2D eigenvalue weighted by Gasteiger charge is 2.15. The van der Waals surface area contributed by atoms with E-state index in [-0.39, 0.29) is 0 Å². The molecule has 0 bridgehead atoms. The van der Waals surface area contributed by atoms with Gasteiger partial charge in [0.15, 0.2) is 5.82 Å². The number of tetrazole rings is 1. The average molecular weight is 254 g/mol. The molecule has 0 spiro atoms. The van der Waals surface area contributed by atoms with Crippen LogP contribution in [0.5, 0.6) is 0 Å². The third-order valence-corrected chi connectivity index (χ3v) is 2.97. The summed E-state index contributed by atoms with van der Waals surface area (Å²) in [6.45, 7) is 2.11. The van der Waals surface area contributed by atoms with Crippen molar-refractivity contribution in [3.63, 3.8) is 0 Å². The number of rotatable bonds is 5. The summed E-state index contributed by atoms with van der Waals surface area (Å²) in [6.07, 6.45) is 2.05. The van der Waals surface area contributed by atoms with E-state index in [1.165, 1.54) is 11.5 Å². The molecule has 0 fully saturated rings. The summed E-state index contributed by atoms with van der Waals surface area (Å²) >= 11 is 1.19. The molecule has 0 aromatic carbocycles. The molecule has 9 heteroatoms. The van der Waals surface area contributed by atoms with Crippen LogP contribution >= 0.6 is 11.5 Å². The molecule has 2 heterocycles. The van der Waals surface area contributed by atoms with E-state index < -0.39 is 11.9 Å². The molecule has 1 N–H and O–H groups in total. The van der Waals surface area contributed by atoms with Gasteiger partial charge in [0.05, 0.1) is 12.1 Å². The fraction of sp³-hybridized carbons (Fsp3) is 0.500. The first-order valence-electron chi connectivity index (χ1n) is 4.95. The van der Waals surface area contributed by atoms with E-state index in [0.29, 0.717) is 18.8 Å². The molecule has 0 saturated carbocycles. The van der Waals surface area contributed by atoms with Gasteiger partial charge >= 0.3 is 5.97 Å². The van der Waals surface area contributed by atoms with Crippen LogP contribution in [0.25, 0.3) is 10.7 Å². The third kappa shape index (κ3) is 2.61. The molecule has 0 aliphatic carbocycles. The summed E-state index contributed by atoms with van der Waals surface area (Å²) in [5.74, 6) is -0.677. The number of carboxylic acids is 1. The number of carbonyl (C=O) groups is 1. The van der Waals surface area contributed by atoms with Gasteiger partial charge < -0.3 is 5.11 Å². The van der Waals surface area contributed by atoms with Crippen molar-refractivity contribution in [3.05, 3.63) is 6.20 Å². The molecule has 17 heavy (non-hydrogen) atoms. The van der Waals surface area contributed by atoms with Crippen LogP contribution in [0.1, 0.15) is 13.3 Å². The Labute approximate surface area is 100 Å². The van der Waals surface area contributed by atoms with E-state index >= 15 is 0 Å². The Hall–Kier alpha value is -1.90. The molecule has 8 nitrogen and oxygen atoms in total. The Morgan fingerprint density at radius 3 is 3.12 bits per heavy atom. The summed E-state index contributed by atoms with van der Waals surface area (Å²) < 4.78 is 5.30. The van der Waals surface area contributed by atoms with Crippen molar-refractivity contribution in [2.75, 3.05) is 0 Å². The van der Waals surface area contributed by atoms with Crippen molar-refractivity contribution in [3.8, 4) is 10.7 Å². The summed E-state index contributed by atoms with van der Waals surface area (Å²) in [5.41, 5.74) is 0. The first-order chi connectivity index (χ1) is 8.18. The highest BCUT2D eigenvalue weighted by atomic mass is 32.1. The van der Waals surface area contributed by atoms with Crippen LogP contribution in [-0.4, -0.2) is 40.9 Å². The predicted molar refractivity (Wildman–Crippen MR) is 58.1 cm³/mol. The van der Waals surface area contributed by atoms with Crippen molar-refractivity contribution in [2.24, 2.45) is 5.92 Å². The molecule has 90 valence electrons. The van der Waals surface area contributed by atoms with Crippen molar-refractivity contribution in [2.45, 2.75) is 19.9 Å². The zero-order valence-electron chi connectivity index (χ0n) is 9.02. The molecule has 1 unspecified atom stereocenters. The second-order valence-electron chi connectivity index (χ2n) is 3.54. The molecule has 0 saturated heterocycles. The van der Waals surface area contributed by atoms with Crippen LogP contribution in [0.4, 0.5) is 0 Å². The number of aryl methyl sites for hydroxylation is 1. The van der Waals surface area contributed by atoms with Gasteiger partial charge in [0.25, 0.3) is 0 Å². The number of aromatic nitrogens is 6. The van der Waals surface area contributed by atoms with Crippen molar-refractivity contribution >= 4 is 17.5 Å². The second kappa shape index (κ2) is 4.95. The lowest BCUT2D eigenvalue weighted by atomic mass is 10.1. The number of hydrogen-bond acceptors (Lipinski definition) is 7. The van der Waals surface area contributed by atoms with Crippen LogP contribution < -0.4 is 0 Å². The molecule has 2 rings (SSSR count). The quantitative estimate of drug-likeness (QED) is 0.817. The number of carboxylic acid groups (broad SMARTS) is 1. The van der Waals surface area contributed by atoms with Gasteiger partial charge in [-0.15, -0.1) is 10.2 Å². The Balaban J connectivity index is 2.08. The SMILES string of the molecule is CC(CCn1nnnc1-c1cnns1)C(=O)O. The maximum Gasteiger partial charge on any atom is 0.306 e. The maximum atomic E-state index is 10.7. The van der Waals surface area contributed by atoms with E-state index in [1.54, 1.807) is 17.8 Å². The van der Waals surface area contributed by atoms with Crippen molar-refractivity contribution < 1.29 is 9.90 Å². The topological polar surface area (TPSA) is 107 Å². The first kappa shape index (κ1) is 11.6. The standard InChI is InChI=1S/C8H10N6O2S/c1-5(8(15)16)2-3-14-7(10-11-12-14)6-4-9-13-17-6/h4-5H,2-3H2,1H3,(H,15,16). The largest absolute Gasteiger partial charge is 0.481 e. The highest BCUT2D eigenvalue weighted by molar-refractivity contribution is 7.09. The Morgan fingerprint density at radius 2 is 2.47 bits per heavy atom. The average Bonchev–Trinajstić information content (AvgIpc) is 2.95. The van der Waals surface area contributed by atoms with Gasteiger partial charge in [0.1, 0.15) is 4.88 Å². The maximum absolute atomic E-state index is 10.7. The van der Waals surface area contributed by atoms with E-state index in [2.05, 4.69) is 25.1 Å². The molecule has 0 radical (unpaired) electrons. The molecular weight excluding hydrogens is 244 g/mol. The minimum atomic E-state index is -0.820. The summed E-state index contributed by atoms with van der Waals surface area (Å²) in [6, 6.07) is 0. The van der Waals surface area contributed by atoms with E-state index in [0.717, 1.165) is 4.88 Å². The summed E-state index contributed by atoms with van der Waals surface area (Å²) in [7, 11) is 0. The van der Waals surface area contributed by atoms with Crippen LogP contribution in [-0.2, 0) is 11.3 Å². The first-order valence-corrected chi connectivity index (χ1v) is 5.72. The lowest BCUT2D eigenvalue weighted by Crippen LogP contribution is -2.13. The number of aliphatic carboxylic acids is 1. The van der Waals surface area contributed by atoms with Crippen molar-refractivity contribution in [1.29, 1.82) is 0 Å². The van der Waals surface area contributed by atoms with E-state index in [9.17, 15) is 4.79 Å². The van der Waals surface area contributed by atoms with Crippen LogP contribution in [0.15, 0.2) is 6.20 Å². The summed E-state index contributed by atoms with van der Waals surface area (Å²) in [5, 5.41) is 23.7. The van der Waals surface area contributed by atoms with Gasteiger partial charge in [-0.25, -0.2) is 4.68 Å². The molecule has 1 atom stereocenters. The Morgan fingerprint density at radius 1 is 1.65 bits per heavy atom. The number of hydrogen-bond donors (Lipinski definition) is 1. The predicted octanol–water partition coefficient (Wildman–Crippen LogP) is 0.302. The zero-order chi connectivity index (χ0) is 12.3. The van der Waals surface area contributed by atoms with Crippen molar-refractivity contribution in [1.82, 2.24) is 29.8 Å². The summed E-state index contributed by atoms with van der Waals surface area (Å²) in [4.78, 5) is 11.5. The molecule has 0 aliphatic heterocycles. The van der Waals surface area contributed by atoms with Crippen LogP contribution in [0.3, 0.4) is 0 Å². The van der Waals surface area contributed by atoms with Gasteiger partial charge in [-0.05, 0) is 28.4 Å². The molecule has 2 aromatic heterocycles. The highest BCUT2D eigenvalue weighted by Crippen LogP contribution is 2.18. The van der Waals surface area contributed by atoms with Gasteiger partial charge in [-0.1, -0.05) is 11.4 Å². The van der Waals surface area contributed by atoms with Gasteiger partial charge in [0, 0.05) is 6.54 Å². The van der Waals surface area contributed by atoms with E-state index in [1.807, 2.05) is 0 Å². The molecule has 2 aromatic rings. The Bertz CT molecular complexity index is 496. The minimum absolute atomic E-state index is 0.424. The van der Waals surface area contributed by atoms with Gasteiger partial charge in [-0.2, -0.15) is 0 Å². The molecule has 0 amide bonds. The minimum Gasteiger partial charge on any atom is -0.481 e. The van der Waals surface area contributed by atoms with Gasteiger partial charge in [-0.3, -0.25) is 4.79 Å². The van der Waals surface area contributed by atoms with Crippen LogP contribution in [0.2, 0.25) is 0 Å². The fourth-order valence-corrected chi connectivity index (χ4v) is 1.74. The van der Waals surface area contributed by atoms with Gasteiger partial charge in [0.2, 0.25) is 0 Å². The lowest BCUT2D eigenvalue weighted by Gasteiger charge is -2.06. The smallest absolute Gasteiger partial charge is 0.306 e. The molecular formula is C8H10N6O2S. The zero-order valence-corrected chi connectivity index (χ0v) is 9.83. The van der Waals surface area contributed by atoms with Crippen LogP contribution in [0, 0.1) is 5.92 Å². The monoisotopic (exact) mass is 254 g/mol. The fourth-order valence-electron chi connectivity index (χ4n) is 1.24. The molecule has 0 aliphatic rings. The van der Waals surface area contributed by atoms with E-state index in [4.69, 9.17) is 5.11 Å². The second-order valence-corrected chi connectivity index (χ2v) is 4.32. The Kier molecular flexibility index (Phi) is 3.38. The normalized spacial score (nSPS) is 12.5. The third-order valence-electron chi connectivity index (χ3n) is 2.31. The number of nitrogens with zero attached hydrogens (tertiary/aromatic N) is 6.